The van der Waals surface area contributed by atoms with Crippen molar-refractivity contribution in [2.24, 2.45) is 4.99 Å². The van der Waals surface area contributed by atoms with Gasteiger partial charge in [-0.25, -0.2) is 8.42 Å². The van der Waals surface area contributed by atoms with Crippen molar-refractivity contribution in [3.63, 3.8) is 0 Å². The number of benzene rings is 1. The highest BCUT2D eigenvalue weighted by Gasteiger charge is 2.28. The fourth-order valence-corrected chi connectivity index (χ4v) is 3.71. The van der Waals surface area contributed by atoms with Crippen molar-refractivity contribution < 1.29 is 13.2 Å². The van der Waals surface area contributed by atoms with E-state index >= 15 is 0 Å². The van der Waals surface area contributed by atoms with E-state index in [0.29, 0.717) is 31.3 Å². The Morgan fingerprint density at radius 3 is 2.79 bits per heavy atom. The molecule has 0 fully saturated rings. The molecule has 19 heavy (non-hydrogen) atoms. The van der Waals surface area contributed by atoms with Gasteiger partial charge < -0.3 is 4.74 Å². The summed E-state index contributed by atoms with van der Waals surface area (Å²) >= 11 is 3.34. The first-order valence-electron chi connectivity index (χ1n) is 5.93. The Bertz CT molecular complexity index is 613. The molecule has 0 amide bonds. The van der Waals surface area contributed by atoms with Gasteiger partial charge in [-0.1, -0.05) is 0 Å². The summed E-state index contributed by atoms with van der Waals surface area (Å²) in [5.74, 6) is 1.05. The summed E-state index contributed by atoms with van der Waals surface area (Å²) in [6.45, 7) is 4.94. The summed E-state index contributed by atoms with van der Waals surface area (Å²) in [7, 11) is -3.54. The predicted molar refractivity (Wildman–Crippen MR) is 77.2 cm³/mol. The molecular weight excluding hydrogens is 332 g/mol. The van der Waals surface area contributed by atoms with Crippen LogP contribution in [-0.2, 0) is 10.0 Å². The monoisotopic (exact) mass is 346 g/mol. The molecule has 0 N–H and O–H groups in total. The van der Waals surface area contributed by atoms with E-state index in [4.69, 9.17) is 4.74 Å². The maximum Gasteiger partial charge on any atom is 0.265 e. The highest BCUT2D eigenvalue weighted by Crippen LogP contribution is 2.29. The van der Waals surface area contributed by atoms with Crippen LogP contribution in [0.2, 0.25) is 0 Å². The van der Waals surface area contributed by atoms with Crippen LogP contribution in [0.4, 0.5) is 0 Å². The highest BCUT2D eigenvalue weighted by atomic mass is 79.9. The van der Waals surface area contributed by atoms with E-state index < -0.39 is 10.0 Å². The molecule has 0 aliphatic carbocycles. The van der Waals surface area contributed by atoms with E-state index in [-0.39, 0.29) is 4.90 Å². The van der Waals surface area contributed by atoms with Gasteiger partial charge in [0.2, 0.25) is 0 Å². The molecule has 0 saturated heterocycles. The van der Waals surface area contributed by atoms with E-state index in [1.54, 1.807) is 19.1 Å². The SMILES string of the molecule is CCOc1cc(S(=O)(=O)N2CCN=C2C)ccc1Br. The van der Waals surface area contributed by atoms with Crippen molar-refractivity contribution in [3.8, 4) is 5.75 Å². The van der Waals surface area contributed by atoms with Crippen LogP contribution in [0.3, 0.4) is 0 Å². The Hall–Kier alpha value is -1.08. The summed E-state index contributed by atoms with van der Waals surface area (Å²) in [5.41, 5.74) is 0. The second kappa shape index (κ2) is 5.50. The quantitative estimate of drug-likeness (QED) is 0.840. The van der Waals surface area contributed by atoms with E-state index in [2.05, 4.69) is 20.9 Å². The third kappa shape index (κ3) is 2.76. The van der Waals surface area contributed by atoms with E-state index in [9.17, 15) is 8.42 Å². The van der Waals surface area contributed by atoms with Gasteiger partial charge in [0.05, 0.1) is 29.1 Å². The molecule has 1 aromatic rings. The lowest BCUT2D eigenvalue weighted by Crippen LogP contribution is -2.32. The predicted octanol–water partition coefficient (Wildman–Crippen LogP) is 2.27. The average molecular weight is 347 g/mol. The Kier molecular flexibility index (Phi) is 4.15. The van der Waals surface area contributed by atoms with Gasteiger partial charge in [0.1, 0.15) is 11.6 Å². The molecule has 0 atom stereocenters. The van der Waals surface area contributed by atoms with Gasteiger partial charge in [-0.3, -0.25) is 9.30 Å². The topological polar surface area (TPSA) is 59.0 Å². The molecule has 0 unspecified atom stereocenters. The van der Waals surface area contributed by atoms with Crippen molar-refractivity contribution in [3.05, 3.63) is 22.7 Å². The number of rotatable bonds is 4. The largest absolute Gasteiger partial charge is 0.493 e. The van der Waals surface area contributed by atoms with Crippen LogP contribution >= 0.6 is 15.9 Å². The fraction of sp³-hybridized carbons (Fsp3) is 0.417. The lowest BCUT2D eigenvalue weighted by molar-refractivity contribution is 0.337. The minimum atomic E-state index is -3.54. The van der Waals surface area contributed by atoms with Crippen molar-refractivity contribution >= 4 is 31.8 Å². The van der Waals surface area contributed by atoms with E-state index in [0.717, 1.165) is 4.47 Å². The summed E-state index contributed by atoms with van der Waals surface area (Å²) < 4.78 is 32.4. The smallest absolute Gasteiger partial charge is 0.265 e. The molecule has 1 aromatic carbocycles. The zero-order chi connectivity index (χ0) is 14.0. The van der Waals surface area contributed by atoms with E-state index in [1.807, 2.05) is 6.92 Å². The number of sulfonamides is 1. The number of aliphatic imine (C=N–C) groups is 1. The molecule has 2 rings (SSSR count). The zero-order valence-electron chi connectivity index (χ0n) is 10.8. The third-order valence-electron chi connectivity index (χ3n) is 2.80. The van der Waals surface area contributed by atoms with Crippen LogP contribution in [0.15, 0.2) is 32.6 Å². The Morgan fingerprint density at radius 1 is 1.47 bits per heavy atom. The van der Waals surface area contributed by atoms with Gasteiger partial charge in [0.15, 0.2) is 0 Å². The lowest BCUT2D eigenvalue weighted by Gasteiger charge is -2.19. The molecule has 0 bridgehead atoms. The van der Waals surface area contributed by atoms with Crippen LogP contribution in [-0.4, -0.2) is 38.3 Å². The summed E-state index contributed by atoms with van der Waals surface area (Å²) in [6.07, 6.45) is 0. The lowest BCUT2D eigenvalue weighted by atomic mass is 10.3. The zero-order valence-corrected chi connectivity index (χ0v) is 13.2. The van der Waals surface area contributed by atoms with Gasteiger partial charge in [0, 0.05) is 6.07 Å². The molecule has 0 radical (unpaired) electrons. The van der Waals surface area contributed by atoms with Crippen LogP contribution in [0, 0.1) is 0 Å². The Labute approximate surface area is 121 Å². The number of hydrogen-bond acceptors (Lipinski definition) is 4. The number of ether oxygens (including phenoxy) is 1. The minimum absolute atomic E-state index is 0.218. The molecule has 0 saturated carbocycles. The van der Waals surface area contributed by atoms with Crippen molar-refractivity contribution in [1.82, 2.24) is 4.31 Å². The average Bonchev–Trinajstić information content (AvgIpc) is 2.79. The van der Waals surface area contributed by atoms with Gasteiger partial charge in [-0.2, -0.15) is 0 Å². The Balaban J connectivity index is 2.41. The molecule has 1 aliphatic heterocycles. The van der Waals surface area contributed by atoms with Crippen molar-refractivity contribution in [2.75, 3.05) is 19.7 Å². The molecule has 7 heteroatoms. The van der Waals surface area contributed by atoms with Crippen LogP contribution in [0.25, 0.3) is 0 Å². The second-order valence-corrected chi connectivity index (χ2v) is 6.75. The molecule has 1 heterocycles. The fourth-order valence-electron chi connectivity index (χ4n) is 1.87. The molecule has 1 aliphatic rings. The first-order chi connectivity index (χ1) is 8.96. The van der Waals surface area contributed by atoms with Gasteiger partial charge in [0.25, 0.3) is 10.0 Å². The third-order valence-corrected chi connectivity index (χ3v) is 5.33. The molecule has 104 valence electrons. The first-order valence-corrected chi connectivity index (χ1v) is 8.16. The van der Waals surface area contributed by atoms with Crippen molar-refractivity contribution in [1.29, 1.82) is 0 Å². The normalized spacial score (nSPS) is 15.5. The molecule has 5 nitrogen and oxygen atoms in total. The van der Waals surface area contributed by atoms with Gasteiger partial charge in [-0.05, 0) is 41.9 Å². The Morgan fingerprint density at radius 2 is 2.21 bits per heavy atom. The maximum atomic E-state index is 12.5. The van der Waals surface area contributed by atoms with Crippen LogP contribution < -0.4 is 4.74 Å². The first kappa shape index (κ1) is 14.3. The molecular formula is C12H15BrN2O3S. The number of halogens is 1. The minimum Gasteiger partial charge on any atom is -0.493 e. The number of hydrogen-bond donors (Lipinski definition) is 0. The standard InChI is InChI=1S/C12H15BrN2O3S/c1-3-18-12-8-10(4-5-11(12)13)19(16,17)15-7-6-14-9(15)2/h4-5,8H,3,6-7H2,1-2H3. The summed E-state index contributed by atoms with van der Waals surface area (Å²) in [6, 6.07) is 4.78. The molecule has 0 spiro atoms. The van der Waals surface area contributed by atoms with Gasteiger partial charge >= 0.3 is 0 Å². The molecule has 0 aromatic heterocycles. The second-order valence-electron chi connectivity index (χ2n) is 4.03. The van der Waals surface area contributed by atoms with Gasteiger partial charge in [-0.15, -0.1) is 0 Å². The summed E-state index contributed by atoms with van der Waals surface area (Å²) in [4.78, 5) is 4.33. The van der Waals surface area contributed by atoms with Crippen LogP contribution in [0.5, 0.6) is 5.75 Å². The summed E-state index contributed by atoms with van der Waals surface area (Å²) in [5, 5.41) is 0. The van der Waals surface area contributed by atoms with Crippen LogP contribution in [0.1, 0.15) is 13.8 Å². The number of amidine groups is 1. The van der Waals surface area contributed by atoms with E-state index in [1.165, 1.54) is 10.4 Å². The maximum absolute atomic E-state index is 12.5. The number of nitrogens with zero attached hydrogens (tertiary/aromatic N) is 2. The highest BCUT2D eigenvalue weighted by molar-refractivity contribution is 9.10. The van der Waals surface area contributed by atoms with Crippen molar-refractivity contribution in [2.45, 2.75) is 18.7 Å².